The third kappa shape index (κ3) is 4.46. The summed E-state index contributed by atoms with van der Waals surface area (Å²) in [7, 11) is 0. The Morgan fingerprint density at radius 1 is 0.970 bits per heavy atom. The molecule has 1 fully saturated rings. The van der Waals surface area contributed by atoms with Crippen LogP contribution in [0.2, 0.25) is 5.02 Å². The normalized spacial score (nSPS) is 16.2. The van der Waals surface area contributed by atoms with E-state index in [-0.39, 0.29) is 11.8 Å². The number of anilines is 2. The van der Waals surface area contributed by atoms with E-state index in [1.165, 1.54) is 0 Å². The first kappa shape index (κ1) is 21.5. The van der Waals surface area contributed by atoms with Crippen LogP contribution in [0.15, 0.2) is 54.6 Å². The number of carbonyl (C=O) groups excluding carboxylic acids is 2. The molecule has 0 unspecified atom stereocenters. The molecule has 0 N–H and O–H groups in total. The van der Waals surface area contributed by atoms with Crippen LogP contribution >= 0.6 is 11.6 Å². The molecule has 3 aromatic rings. The van der Waals surface area contributed by atoms with E-state index in [1.807, 2.05) is 71.1 Å². The fraction of sp³-hybridized carbons (Fsp3) is 0.320. The Hall–Kier alpha value is -3.32. The van der Waals surface area contributed by atoms with E-state index in [0.717, 1.165) is 40.9 Å². The second-order valence-electron chi connectivity index (χ2n) is 8.55. The van der Waals surface area contributed by atoms with Crippen molar-refractivity contribution in [1.29, 1.82) is 0 Å². The molecule has 7 nitrogen and oxygen atoms in total. The van der Waals surface area contributed by atoms with Crippen LogP contribution in [0.4, 0.5) is 11.5 Å². The Morgan fingerprint density at radius 2 is 1.67 bits per heavy atom. The van der Waals surface area contributed by atoms with Gasteiger partial charge in [0.15, 0.2) is 0 Å². The molecule has 0 radical (unpaired) electrons. The van der Waals surface area contributed by atoms with Gasteiger partial charge in [0.1, 0.15) is 5.82 Å². The molecule has 0 saturated carbocycles. The predicted octanol–water partition coefficient (Wildman–Crippen LogP) is 3.74. The van der Waals surface area contributed by atoms with E-state index in [0.29, 0.717) is 38.2 Å². The highest BCUT2D eigenvalue weighted by Gasteiger charge is 2.26. The largest absolute Gasteiger partial charge is 0.368 e. The van der Waals surface area contributed by atoms with E-state index in [1.54, 1.807) is 4.90 Å². The minimum absolute atomic E-state index is 0.0417. The van der Waals surface area contributed by atoms with Gasteiger partial charge in [-0.1, -0.05) is 23.7 Å². The molecule has 0 spiro atoms. The number of benzene rings is 2. The van der Waals surface area contributed by atoms with E-state index < -0.39 is 0 Å². The summed E-state index contributed by atoms with van der Waals surface area (Å²) in [5, 5.41) is 5.18. The van der Waals surface area contributed by atoms with Crippen LogP contribution in [0.25, 0.3) is 0 Å². The molecule has 2 aliphatic rings. The first-order chi connectivity index (χ1) is 16.0. The van der Waals surface area contributed by atoms with Crippen molar-refractivity contribution in [3.63, 3.8) is 0 Å². The molecule has 0 atom stereocenters. The first-order valence-corrected chi connectivity index (χ1v) is 11.6. The minimum Gasteiger partial charge on any atom is -0.368 e. The first-order valence-electron chi connectivity index (χ1n) is 11.2. The standard InChI is InChI=1S/C25H26ClN5O2/c1-18-16-23-30(24(32)10-11-31(23)27-18)17-19-2-4-20(5-3-19)25(33)29-14-12-28(13-15-29)22-8-6-21(26)7-9-22/h2-9,16H,10-15,17H2,1H3. The molecule has 2 aromatic carbocycles. The molecule has 0 aliphatic carbocycles. The lowest BCUT2D eigenvalue weighted by atomic mass is 10.1. The number of nitrogens with zero attached hydrogens (tertiary/aromatic N) is 5. The number of halogens is 1. The molecule has 170 valence electrons. The second-order valence-corrected chi connectivity index (χ2v) is 8.99. The smallest absolute Gasteiger partial charge is 0.253 e. The van der Waals surface area contributed by atoms with Gasteiger partial charge in [-0.15, -0.1) is 0 Å². The maximum atomic E-state index is 13.0. The SMILES string of the molecule is Cc1cc2n(n1)CCC(=O)N2Cc1ccc(C(=O)N2CCN(c3ccc(Cl)cc3)CC2)cc1. The van der Waals surface area contributed by atoms with Gasteiger partial charge in [-0.3, -0.25) is 14.5 Å². The summed E-state index contributed by atoms with van der Waals surface area (Å²) in [6.45, 7) is 5.95. The third-order valence-electron chi connectivity index (χ3n) is 6.30. The number of aryl methyl sites for hydroxylation is 2. The maximum Gasteiger partial charge on any atom is 0.253 e. The van der Waals surface area contributed by atoms with Crippen LogP contribution in [-0.4, -0.2) is 52.7 Å². The van der Waals surface area contributed by atoms with Crippen LogP contribution in [0.3, 0.4) is 0 Å². The molecular formula is C25H26ClN5O2. The van der Waals surface area contributed by atoms with Crippen molar-refractivity contribution < 1.29 is 9.59 Å². The lowest BCUT2D eigenvalue weighted by Crippen LogP contribution is -2.48. The number of hydrogen-bond donors (Lipinski definition) is 0. The quantitative estimate of drug-likeness (QED) is 0.591. The molecule has 8 heteroatoms. The summed E-state index contributed by atoms with van der Waals surface area (Å²) in [4.78, 5) is 31.5. The highest BCUT2D eigenvalue weighted by molar-refractivity contribution is 6.30. The predicted molar refractivity (Wildman–Crippen MR) is 129 cm³/mol. The molecule has 2 aliphatic heterocycles. The van der Waals surface area contributed by atoms with Gasteiger partial charge in [0.25, 0.3) is 5.91 Å². The van der Waals surface area contributed by atoms with Crippen LogP contribution in [0.1, 0.15) is 28.0 Å². The lowest BCUT2D eigenvalue weighted by molar-refractivity contribution is -0.119. The van der Waals surface area contributed by atoms with E-state index in [2.05, 4.69) is 10.00 Å². The van der Waals surface area contributed by atoms with Crippen molar-refractivity contribution in [1.82, 2.24) is 14.7 Å². The van der Waals surface area contributed by atoms with Crippen molar-refractivity contribution in [3.05, 3.63) is 76.4 Å². The van der Waals surface area contributed by atoms with E-state index >= 15 is 0 Å². The fourth-order valence-electron chi connectivity index (χ4n) is 4.48. The van der Waals surface area contributed by atoms with Crippen LogP contribution in [0, 0.1) is 6.92 Å². The summed E-state index contributed by atoms with van der Waals surface area (Å²) in [5.41, 5.74) is 3.69. The molecule has 1 saturated heterocycles. The van der Waals surface area contributed by atoms with Crippen molar-refractivity contribution in [2.24, 2.45) is 0 Å². The average Bonchev–Trinajstić information content (AvgIpc) is 3.22. The van der Waals surface area contributed by atoms with E-state index in [9.17, 15) is 9.59 Å². The average molecular weight is 464 g/mol. The van der Waals surface area contributed by atoms with Gasteiger partial charge in [0.05, 0.1) is 18.8 Å². The Labute approximate surface area is 198 Å². The lowest BCUT2D eigenvalue weighted by Gasteiger charge is -2.36. The van der Waals surface area contributed by atoms with Crippen LogP contribution in [-0.2, 0) is 17.9 Å². The summed E-state index contributed by atoms with van der Waals surface area (Å²) >= 11 is 5.98. The Morgan fingerprint density at radius 3 is 2.36 bits per heavy atom. The number of fused-ring (bicyclic) bond motifs is 1. The molecule has 0 bridgehead atoms. The van der Waals surface area contributed by atoms with Crippen molar-refractivity contribution in [2.45, 2.75) is 26.4 Å². The number of amides is 2. The Kier molecular flexibility index (Phi) is 5.81. The zero-order chi connectivity index (χ0) is 22.9. The van der Waals surface area contributed by atoms with Gasteiger partial charge in [-0.05, 0) is 48.9 Å². The number of hydrogen-bond acceptors (Lipinski definition) is 4. The molecule has 33 heavy (non-hydrogen) atoms. The van der Waals surface area contributed by atoms with Crippen LogP contribution in [0.5, 0.6) is 0 Å². The zero-order valence-corrected chi connectivity index (χ0v) is 19.3. The minimum atomic E-state index is 0.0417. The highest BCUT2D eigenvalue weighted by Crippen LogP contribution is 2.25. The monoisotopic (exact) mass is 463 g/mol. The fourth-order valence-corrected chi connectivity index (χ4v) is 4.61. The number of rotatable bonds is 4. The van der Waals surface area contributed by atoms with Gasteiger partial charge < -0.3 is 9.80 Å². The molecule has 1 aromatic heterocycles. The molecular weight excluding hydrogens is 438 g/mol. The van der Waals surface area contributed by atoms with Gasteiger partial charge in [0, 0.05) is 54.9 Å². The zero-order valence-electron chi connectivity index (χ0n) is 18.6. The van der Waals surface area contributed by atoms with Gasteiger partial charge in [-0.25, -0.2) is 4.68 Å². The summed E-state index contributed by atoms with van der Waals surface area (Å²) < 4.78 is 1.89. The van der Waals surface area contributed by atoms with Crippen molar-refractivity contribution in [3.8, 4) is 0 Å². The van der Waals surface area contributed by atoms with Gasteiger partial charge >= 0.3 is 0 Å². The highest BCUT2D eigenvalue weighted by atomic mass is 35.5. The summed E-state index contributed by atoms with van der Waals surface area (Å²) in [5.74, 6) is 0.976. The topological polar surface area (TPSA) is 61.7 Å². The number of carbonyl (C=O) groups is 2. The van der Waals surface area contributed by atoms with E-state index in [4.69, 9.17) is 11.6 Å². The summed E-state index contributed by atoms with van der Waals surface area (Å²) in [6, 6.07) is 17.4. The molecule has 2 amide bonds. The third-order valence-corrected chi connectivity index (χ3v) is 6.55. The second kappa shape index (κ2) is 8.90. The van der Waals surface area contributed by atoms with Gasteiger partial charge in [0.2, 0.25) is 5.91 Å². The van der Waals surface area contributed by atoms with Crippen molar-refractivity contribution in [2.75, 3.05) is 36.0 Å². The van der Waals surface area contributed by atoms with Crippen molar-refractivity contribution >= 4 is 34.9 Å². The number of aromatic nitrogens is 2. The Balaban J connectivity index is 1.21. The maximum absolute atomic E-state index is 13.0. The number of piperazine rings is 1. The Bertz CT molecular complexity index is 1160. The van der Waals surface area contributed by atoms with Gasteiger partial charge in [-0.2, -0.15) is 5.10 Å². The molecule has 5 rings (SSSR count). The summed E-state index contributed by atoms with van der Waals surface area (Å²) in [6.07, 6.45) is 0.451. The molecule has 3 heterocycles. The van der Waals surface area contributed by atoms with Crippen LogP contribution < -0.4 is 9.80 Å².